The Kier molecular flexibility index (Phi) is 3.94. The van der Waals surface area contributed by atoms with Gasteiger partial charge in [-0.25, -0.2) is 0 Å². The molecule has 1 heterocycles. The van der Waals surface area contributed by atoms with Gasteiger partial charge in [0, 0.05) is 6.54 Å². The van der Waals surface area contributed by atoms with Crippen molar-refractivity contribution in [3.63, 3.8) is 0 Å². The maximum Gasteiger partial charge on any atom is 0.416 e. The molecule has 3 nitrogen and oxygen atoms in total. The maximum absolute atomic E-state index is 13.0. The molecule has 0 atom stereocenters. The first-order chi connectivity index (χ1) is 13.1. The predicted octanol–water partition coefficient (Wildman–Crippen LogP) is 4.87. The molecule has 4 aliphatic carbocycles. The summed E-state index contributed by atoms with van der Waals surface area (Å²) < 4.78 is 38.5. The molecule has 152 valence electrons. The number of alkyl halides is 3. The minimum Gasteiger partial charge on any atom is -0.271 e. The number of carbonyl (C=O) groups is 1. The Morgan fingerprint density at radius 2 is 1.50 bits per heavy atom. The van der Waals surface area contributed by atoms with Crippen molar-refractivity contribution >= 4 is 5.91 Å². The molecular formula is C22H27F3N2O. The fourth-order valence-corrected chi connectivity index (χ4v) is 6.56. The minimum absolute atomic E-state index is 0.164. The normalized spacial score (nSPS) is 36.7. The molecule has 4 bridgehead atoms. The summed E-state index contributed by atoms with van der Waals surface area (Å²) in [6.07, 6.45) is 1.98. The van der Waals surface area contributed by atoms with Crippen LogP contribution in [-0.2, 0) is 17.5 Å². The number of halogens is 3. The summed E-state index contributed by atoms with van der Waals surface area (Å²) >= 11 is 0. The molecule has 5 fully saturated rings. The quantitative estimate of drug-likeness (QED) is 0.733. The first kappa shape index (κ1) is 18.5. The molecule has 1 amide bonds. The SMILES string of the molecule is CC1(C)C(=O)N(C2C3CC4CC(C3)CC2C4)N1Cc1ccc(C(F)(F)F)cc1. The number of hydrazine groups is 1. The lowest BCUT2D eigenvalue weighted by atomic mass is 9.53. The van der Waals surface area contributed by atoms with Gasteiger partial charge in [0.05, 0.1) is 11.6 Å². The van der Waals surface area contributed by atoms with Gasteiger partial charge >= 0.3 is 6.18 Å². The molecule has 1 aromatic carbocycles. The monoisotopic (exact) mass is 392 g/mol. The minimum atomic E-state index is -4.32. The third-order valence-corrected chi connectivity index (χ3v) is 7.71. The van der Waals surface area contributed by atoms with E-state index >= 15 is 0 Å². The predicted molar refractivity (Wildman–Crippen MR) is 98.7 cm³/mol. The van der Waals surface area contributed by atoms with E-state index < -0.39 is 17.3 Å². The van der Waals surface area contributed by atoms with E-state index in [9.17, 15) is 18.0 Å². The molecule has 4 saturated carbocycles. The largest absolute Gasteiger partial charge is 0.416 e. The van der Waals surface area contributed by atoms with E-state index in [0.29, 0.717) is 18.4 Å². The zero-order valence-electron chi connectivity index (χ0n) is 16.4. The number of amides is 1. The summed E-state index contributed by atoms with van der Waals surface area (Å²) in [6.45, 7) is 4.32. The van der Waals surface area contributed by atoms with Crippen molar-refractivity contribution in [1.29, 1.82) is 0 Å². The molecule has 28 heavy (non-hydrogen) atoms. The molecule has 0 spiro atoms. The van der Waals surface area contributed by atoms with Crippen LogP contribution in [0.5, 0.6) is 0 Å². The van der Waals surface area contributed by atoms with Crippen molar-refractivity contribution in [3.05, 3.63) is 35.4 Å². The summed E-state index contributed by atoms with van der Waals surface area (Å²) in [4.78, 5) is 13.0. The van der Waals surface area contributed by atoms with Gasteiger partial charge in [0.15, 0.2) is 0 Å². The van der Waals surface area contributed by atoms with Crippen LogP contribution in [0.15, 0.2) is 24.3 Å². The lowest BCUT2D eigenvalue weighted by Crippen LogP contribution is -2.79. The van der Waals surface area contributed by atoms with E-state index in [1.165, 1.54) is 44.2 Å². The standard InChI is InChI=1S/C22H27F3N2O/c1-21(2)20(28)27(19-16-8-14-7-15(10-16)11-17(19)9-14)26(21)12-13-3-5-18(6-4-13)22(23,24)25/h3-6,14-17,19H,7-12H2,1-2H3. The van der Waals surface area contributed by atoms with E-state index in [1.807, 2.05) is 18.9 Å². The fourth-order valence-electron chi connectivity index (χ4n) is 6.56. The summed E-state index contributed by atoms with van der Waals surface area (Å²) in [5, 5.41) is 4.09. The molecule has 0 unspecified atom stereocenters. The van der Waals surface area contributed by atoms with Gasteiger partial charge in [-0.3, -0.25) is 9.80 Å². The molecule has 0 N–H and O–H groups in total. The third-order valence-electron chi connectivity index (χ3n) is 7.71. The zero-order chi connectivity index (χ0) is 19.8. The molecule has 1 aliphatic heterocycles. The summed E-state index contributed by atoms with van der Waals surface area (Å²) in [5.41, 5.74) is -0.423. The highest BCUT2D eigenvalue weighted by Gasteiger charge is 2.60. The average molecular weight is 392 g/mol. The van der Waals surface area contributed by atoms with E-state index in [4.69, 9.17) is 0 Å². The van der Waals surface area contributed by atoms with Crippen LogP contribution >= 0.6 is 0 Å². The molecule has 1 saturated heterocycles. The smallest absolute Gasteiger partial charge is 0.271 e. The number of carbonyl (C=O) groups excluding carboxylic acids is 1. The average Bonchev–Trinajstić information content (AvgIpc) is 2.62. The van der Waals surface area contributed by atoms with Gasteiger partial charge in [-0.05, 0) is 87.3 Å². The van der Waals surface area contributed by atoms with Crippen LogP contribution in [0.3, 0.4) is 0 Å². The summed E-state index contributed by atoms with van der Waals surface area (Å²) in [6, 6.07) is 5.63. The molecule has 0 aromatic heterocycles. The Labute approximate surface area is 163 Å². The Bertz CT molecular complexity index is 758. The van der Waals surface area contributed by atoms with Crippen molar-refractivity contribution in [2.45, 2.75) is 70.3 Å². The number of hydrogen-bond acceptors (Lipinski definition) is 2. The molecular weight excluding hydrogens is 365 g/mol. The highest BCUT2D eigenvalue weighted by molar-refractivity contribution is 5.90. The van der Waals surface area contributed by atoms with Crippen molar-refractivity contribution in [3.8, 4) is 0 Å². The van der Waals surface area contributed by atoms with Crippen LogP contribution in [0.25, 0.3) is 0 Å². The molecule has 0 radical (unpaired) electrons. The lowest BCUT2D eigenvalue weighted by Gasteiger charge is -2.65. The highest BCUT2D eigenvalue weighted by Crippen LogP contribution is 2.57. The first-order valence-corrected chi connectivity index (χ1v) is 10.4. The Balaban J connectivity index is 1.38. The summed E-state index contributed by atoms with van der Waals surface area (Å²) in [7, 11) is 0. The van der Waals surface area contributed by atoms with Gasteiger partial charge in [-0.15, -0.1) is 0 Å². The van der Waals surface area contributed by atoms with Crippen LogP contribution in [-0.4, -0.2) is 27.5 Å². The van der Waals surface area contributed by atoms with Crippen LogP contribution in [0, 0.1) is 23.7 Å². The van der Waals surface area contributed by atoms with Crippen LogP contribution in [0.2, 0.25) is 0 Å². The molecule has 6 heteroatoms. The number of benzene rings is 1. The van der Waals surface area contributed by atoms with E-state index in [2.05, 4.69) is 5.01 Å². The number of hydrogen-bond donors (Lipinski definition) is 0. The van der Waals surface area contributed by atoms with Crippen molar-refractivity contribution in [2.24, 2.45) is 23.7 Å². The Morgan fingerprint density at radius 3 is 2.00 bits per heavy atom. The second-order valence-corrected chi connectivity index (χ2v) is 9.88. The number of nitrogens with zero attached hydrogens (tertiary/aromatic N) is 2. The van der Waals surface area contributed by atoms with E-state index in [-0.39, 0.29) is 11.9 Å². The zero-order valence-corrected chi connectivity index (χ0v) is 16.4. The third kappa shape index (κ3) is 2.71. The molecule has 6 rings (SSSR count). The van der Waals surface area contributed by atoms with Gasteiger partial charge in [0.1, 0.15) is 5.54 Å². The van der Waals surface area contributed by atoms with Gasteiger partial charge in [0.25, 0.3) is 5.91 Å². The number of rotatable bonds is 3. The van der Waals surface area contributed by atoms with E-state index in [1.54, 1.807) is 0 Å². The van der Waals surface area contributed by atoms with Crippen LogP contribution in [0.1, 0.15) is 57.1 Å². The second-order valence-electron chi connectivity index (χ2n) is 9.88. The Hall–Kier alpha value is -1.56. The topological polar surface area (TPSA) is 23.6 Å². The Morgan fingerprint density at radius 1 is 0.964 bits per heavy atom. The van der Waals surface area contributed by atoms with E-state index in [0.717, 1.165) is 29.5 Å². The summed E-state index contributed by atoms with van der Waals surface area (Å²) in [5.74, 6) is 3.02. The van der Waals surface area contributed by atoms with Crippen molar-refractivity contribution in [2.75, 3.05) is 0 Å². The lowest BCUT2D eigenvalue weighted by molar-refractivity contribution is -0.251. The van der Waals surface area contributed by atoms with Gasteiger partial charge in [-0.1, -0.05) is 12.1 Å². The highest BCUT2D eigenvalue weighted by atomic mass is 19.4. The molecule has 1 aromatic rings. The van der Waals surface area contributed by atoms with Crippen molar-refractivity contribution in [1.82, 2.24) is 10.0 Å². The van der Waals surface area contributed by atoms with Gasteiger partial charge < -0.3 is 0 Å². The van der Waals surface area contributed by atoms with Crippen molar-refractivity contribution < 1.29 is 18.0 Å². The molecule has 5 aliphatic rings. The maximum atomic E-state index is 13.0. The van der Waals surface area contributed by atoms with Gasteiger partial charge in [-0.2, -0.15) is 18.2 Å². The van der Waals surface area contributed by atoms with Gasteiger partial charge in [0.2, 0.25) is 0 Å². The first-order valence-electron chi connectivity index (χ1n) is 10.4. The van der Waals surface area contributed by atoms with Crippen LogP contribution < -0.4 is 0 Å². The van der Waals surface area contributed by atoms with Crippen LogP contribution in [0.4, 0.5) is 13.2 Å². The fraction of sp³-hybridized carbons (Fsp3) is 0.682. The second kappa shape index (κ2) is 5.97.